The molecular weight excluding hydrogens is 336 g/mol. The Kier molecular flexibility index (Phi) is 4.90. The summed E-state index contributed by atoms with van der Waals surface area (Å²) in [6.45, 7) is 3.46. The van der Waals surface area contributed by atoms with Gasteiger partial charge in [-0.15, -0.1) is 0 Å². The highest BCUT2D eigenvalue weighted by Gasteiger charge is 2.24. The van der Waals surface area contributed by atoms with Gasteiger partial charge in [0.05, 0.1) is 11.6 Å². The van der Waals surface area contributed by atoms with Gasteiger partial charge in [0, 0.05) is 36.8 Å². The van der Waals surface area contributed by atoms with E-state index >= 15 is 0 Å². The number of hydrogen-bond donors (Lipinski definition) is 0. The van der Waals surface area contributed by atoms with E-state index in [1.54, 1.807) is 7.11 Å². The molecule has 1 aliphatic rings. The summed E-state index contributed by atoms with van der Waals surface area (Å²) in [7, 11) is 1.72. The van der Waals surface area contributed by atoms with E-state index in [9.17, 15) is 4.79 Å². The van der Waals surface area contributed by atoms with Gasteiger partial charge in [0.1, 0.15) is 0 Å². The first-order chi connectivity index (χ1) is 13.2. The maximum Gasteiger partial charge on any atom is 0.253 e. The molecule has 4 heteroatoms. The topological polar surface area (TPSA) is 42.4 Å². The van der Waals surface area contributed by atoms with Gasteiger partial charge in [0.2, 0.25) is 0 Å². The number of nitrogens with zero attached hydrogens (tertiary/aromatic N) is 2. The van der Waals surface area contributed by atoms with Gasteiger partial charge in [0.25, 0.3) is 5.91 Å². The first kappa shape index (κ1) is 17.7. The molecule has 1 aliphatic heterocycles. The summed E-state index contributed by atoms with van der Waals surface area (Å²) in [6.07, 6.45) is 2.14. The first-order valence-electron chi connectivity index (χ1n) is 9.44. The molecule has 1 atom stereocenters. The smallest absolute Gasteiger partial charge is 0.253 e. The van der Waals surface area contributed by atoms with Crippen LogP contribution in [-0.2, 0) is 4.74 Å². The van der Waals surface area contributed by atoms with E-state index in [1.807, 2.05) is 48.2 Å². The fraction of sp³-hybridized carbons (Fsp3) is 0.304. The summed E-state index contributed by atoms with van der Waals surface area (Å²) in [6, 6.07) is 18.2. The number of aryl methyl sites for hydroxylation is 1. The van der Waals surface area contributed by atoms with E-state index in [4.69, 9.17) is 4.74 Å². The van der Waals surface area contributed by atoms with E-state index in [-0.39, 0.29) is 12.0 Å². The molecule has 3 aromatic rings. The Balaban J connectivity index is 1.70. The molecule has 138 valence electrons. The lowest BCUT2D eigenvalue weighted by Gasteiger charge is -2.32. The highest BCUT2D eigenvalue weighted by molar-refractivity contribution is 5.99. The third-order valence-electron chi connectivity index (χ3n) is 5.26. The zero-order chi connectivity index (χ0) is 18.8. The Bertz CT molecular complexity index is 983. The van der Waals surface area contributed by atoms with Crippen molar-refractivity contribution in [1.29, 1.82) is 0 Å². The zero-order valence-electron chi connectivity index (χ0n) is 15.8. The van der Waals surface area contributed by atoms with Crippen LogP contribution in [-0.4, -0.2) is 42.1 Å². The summed E-state index contributed by atoms with van der Waals surface area (Å²) in [5.41, 5.74) is 4.83. The number of methoxy groups -OCH3 is 1. The number of ether oxygens (including phenoxy) is 1. The molecule has 1 amide bonds. The molecule has 27 heavy (non-hydrogen) atoms. The van der Waals surface area contributed by atoms with Crippen LogP contribution in [0, 0.1) is 6.92 Å². The van der Waals surface area contributed by atoms with E-state index in [0.29, 0.717) is 6.54 Å². The normalized spacial score (nSPS) is 17.3. The molecule has 0 aliphatic carbocycles. The van der Waals surface area contributed by atoms with Crippen LogP contribution >= 0.6 is 0 Å². The van der Waals surface area contributed by atoms with Gasteiger partial charge in [0.15, 0.2) is 0 Å². The van der Waals surface area contributed by atoms with Crippen molar-refractivity contribution in [2.45, 2.75) is 25.9 Å². The number of rotatable bonds is 3. The van der Waals surface area contributed by atoms with Crippen molar-refractivity contribution in [3.63, 3.8) is 0 Å². The van der Waals surface area contributed by atoms with Gasteiger partial charge in [-0.3, -0.25) is 9.78 Å². The number of piperidine rings is 1. The van der Waals surface area contributed by atoms with Gasteiger partial charge >= 0.3 is 0 Å². The Morgan fingerprint density at radius 3 is 2.85 bits per heavy atom. The predicted molar refractivity (Wildman–Crippen MR) is 108 cm³/mol. The molecular formula is C23H24N2O2. The monoisotopic (exact) mass is 360 g/mol. The molecule has 0 saturated carbocycles. The number of benzene rings is 2. The number of fused-ring (bicyclic) bond motifs is 1. The first-order valence-corrected chi connectivity index (χ1v) is 9.44. The summed E-state index contributed by atoms with van der Waals surface area (Å²) in [5.74, 6) is 0.0775. The number of carbonyl (C=O) groups is 1. The quantitative estimate of drug-likeness (QED) is 0.692. The second kappa shape index (κ2) is 7.49. The Morgan fingerprint density at radius 2 is 2.00 bits per heavy atom. The number of hydrogen-bond acceptors (Lipinski definition) is 3. The molecule has 2 aromatic carbocycles. The van der Waals surface area contributed by atoms with E-state index < -0.39 is 0 Å². The average molecular weight is 360 g/mol. The van der Waals surface area contributed by atoms with Gasteiger partial charge < -0.3 is 9.64 Å². The third kappa shape index (κ3) is 3.58. The number of aromatic nitrogens is 1. The van der Waals surface area contributed by atoms with Crippen LogP contribution in [0.5, 0.6) is 0 Å². The summed E-state index contributed by atoms with van der Waals surface area (Å²) < 4.78 is 5.46. The number of pyridine rings is 1. The number of likely N-dealkylation sites (tertiary alicyclic amines) is 1. The Hall–Kier alpha value is -2.72. The lowest BCUT2D eigenvalue weighted by Crippen LogP contribution is -2.42. The van der Waals surface area contributed by atoms with Crippen molar-refractivity contribution in [3.05, 3.63) is 65.9 Å². The second-order valence-corrected chi connectivity index (χ2v) is 7.16. The van der Waals surface area contributed by atoms with Gasteiger partial charge in [-0.2, -0.15) is 0 Å². The molecule has 1 saturated heterocycles. The minimum Gasteiger partial charge on any atom is -0.380 e. The van der Waals surface area contributed by atoms with E-state index in [0.717, 1.165) is 52.7 Å². The lowest BCUT2D eigenvalue weighted by atomic mass is 9.98. The molecule has 0 spiro atoms. The molecule has 1 fully saturated rings. The predicted octanol–water partition coefficient (Wildman–Crippen LogP) is 4.46. The van der Waals surface area contributed by atoms with Crippen molar-refractivity contribution >= 4 is 16.8 Å². The van der Waals surface area contributed by atoms with Crippen LogP contribution in [0.3, 0.4) is 0 Å². The fourth-order valence-electron chi connectivity index (χ4n) is 3.86. The van der Waals surface area contributed by atoms with Crippen molar-refractivity contribution < 1.29 is 9.53 Å². The van der Waals surface area contributed by atoms with Crippen LogP contribution < -0.4 is 0 Å². The van der Waals surface area contributed by atoms with Crippen molar-refractivity contribution in [1.82, 2.24) is 9.88 Å². The number of para-hydroxylation sites is 1. The van der Waals surface area contributed by atoms with E-state index in [1.165, 1.54) is 0 Å². The molecule has 0 bridgehead atoms. The molecule has 1 aromatic heterocycles. The van der Waals surface area contributed by atoms with Gasteiger partial charge in [-0.1, -0.05) is 30.3 Å². The second-order valence-electron chi connectivity index (χ2n) is 7.16. The Labute approximate surface area is 159 Å². The third-order valence-corrected chi connectivity index (χ3v) is 5.26. The molecule has 2 heterocycles. The van der Waals surface area contributed by atoms with Gasteiger partial charge in [-0.25, -0.2) is 0 Å². The highest BCUT2D eigenvalue weighted by Crippen LogP contribution is 2.29. The largest absolute Gasteiger partial charge is 0.380 e. The number of carbonyl (C=O) groups excluding carboxylic acids is 1. The molecule has 4 nitrogen and oxygen atoms in total. The average Bonchev–Trinajstić information content (AvgIpc) is 2.72. The van der Waals surface area contributed by atoms with Crippen molar-refractivity contribution in [2.24, 2.45) is 0 Å². The molecule has 0 radical (unpaired) electrons. The SMILES string of the molecule is CO[C@@H]1CCCN(C(=O)c2cccc(-c3cc(C)nc4ccccc34)c2)C1. The Morgan fingerprint density at radius 1 is 1.15 bits per heavy atom. The van der Waals surface area contributed by atoms with Crippen molar-refractivity contribution in [3.8, 4) is 11.1 Å². The molecule has 4 rings (SSSR count). The molecule has 0 unspecified atom stereocenters. The highest BCUT2D eigenvalue weighted by atomic mass is 16.5. The van der Waals surface area contributed by atoms with Crippen LogP contribution in [0.25, 0.3) is 22.0 Å². The standard InChI is InChI=1S/C23H24N2O2/c1-16-13-21(20-10-3-4-11-22(20)24-16)17-7-5-8-18(14-17)23(26)25-12-6-9-19(15-25)27-2/h3-5,7-8,10-11,13-14,19H,6,9,12,15H2,1-2H3/t19-/m1/s1. The zero-order valence-corrected chi connectivity index (χ0v) is 15.8. The summed E-state index contributed by atoms with van der Waals surface area (Å²) in [5, 5.41) is 1.10. The minimum atomic E-state index is 0.0775. The maximum absolute atomic E-state index is 13.0. The minimum absolute atomic E-state index is 0.0775. The summed E-state index contributed by atoms with van der Waals surface area (Å²) >= 11 is 0. The number of amides is 1. The molecule has 0 N–H and O–H groups in total. The van der Waals surface area contributed by atoms with E-state index in [2.05, 4.69) is 23.2 Å². The van der Waals surface area contributed by atoms with Crippen LogP contribution in [0.4, 0.5) is 0 Å². The van der Waals surface area contributed by atoms with Crippen LogP contribution in [0.1, 0.15) is 28.9 Å². The maximum atomic E-state index is 13.0. The fourth-order valence-corrected chi connectivity index (χ4v) is 3.86. The van der Waals surface area contributed by atoms with Crippen LogP contribution in [0.15, 0.2) is 54.6 Å². The lowest BCUT2D eigenvalue weighted by molar-refractivity contribution is 0.0269. The van der Waals surface area contributed by atoms with Crippen molar-refractivity contribution in [2.75, 3.05) is 20.2 Å². The summed E-state index contributed by atoms with van der Waals surface area (Å²) in [4.78, 5) is 19.6. The van der Waals surface area contributed by atoms with Crippen LogP contribution in [0.2, 0.25) is 0 Å². The van der Waals surface area contributed by atoms with Gasteiger partial charge in [-0.05, 0) is 55.2 Å².